The summed E-state index contributed by atoms with van der Waals surface area (Å²) < 4.78 is 0. The quantitative estimate of drug-likeness (QED) is 0.934. The van der Waals surface area contributed by atoms with Crippen molar-refractivity contribution < 1.29 is 9.59 Å². The number of fused-ring (bicyclic) bond motifs is 1. The number of hydrogen-bond donors (Lipinski definition) is 1. The standard InChI is InChI=1S/C21H22N2O2/c1-14(15-7-3-2-4-8-15)22-20(24)17-13-18(17)21(25)23-12-11-16-9-5-6-10-19(16)23/h2-10,14,17-18H,11-13H2,1H3,(H,22,24). The SMILES string of the molecule is CC(NC(=O)C1CC1C(=O)N1CCc2ccccc21)c1ccccc1. The summed E-state index contributed by atoms with van der Waals surface area (Å²) in [6.07, 6.45) is 1.56. The average molecular weight is 334 g/mol. The zero-order valence-corrected chi connectivity index (χ0v) is 14.3. The summed E-state index contributed by atoms with van der Waals surface area (Å²) in [7, 11) is 0. The number of carbonyl (C=O) groups is 2. The Bertz CT molecular complexity index is 803. The van der Waals surface area contributed by atoms with Crippen molar-refractivity contribution in [3.63, 3.8) is 0 Å². The fourth-order valence-corrected chi connectivity index (χ4v) is 3.67. The Kier molecular flexibility index (Phi) is 4.04. The smallest absolute Gasteiger partial charge is 0.230 e. The van der Waals surface area contributed by atoms with Crippen LogP contribution in [0.4, 0.5) is 5.69 Å². The maximum atomic E-state index is 12.8. The molecule has 0 spiro atoms. The number of para-hydroxylation sites is 1. The van der Waals surface area contributed by atoms with E-state index in [1.54, 1.807) is 0 Å². The molecule has 0 aromatic heterocycles. The molecule has 1 fully saturated rings. The number of benzene rings is 2. The van der Waals surface area contributed by atoms with E-state index in [0.29, 0.717) is 6.42 Å². The number of nitrogens with one attached hydrogen (secondary N) is 1. The summed E-state index contributed by atoms with van der Waals surface area (Å²) in [5, 5.41) is 3.04. The molecule has 1 aliphatic heterocycles. The molecular weight excluding hydrogens is 312 g/mol. The molecule has 2 aliphatic rings. The third kappa shape index (κ3) is 3.04. The van der Waals surface area contributed by atoms with Crippen LogP contribution in [0.15, 0.2) is 54.6 Å². The molecule has 128 valence electrons. The molecule has 1 heterocycles. The van der Waals surface area contributed by atoms with Gasteiger partial charge in [0.25, 0.3) is 0 Å². The first-order valence-electron chi connectivity index (χ1n) is 8.90. The van der Waals surface area contributed by atoms with E-state index >= 15 is 0 Å². The second kappa shape index (κ2) is 6.36. The van der Waals surface area contributed by atoms with Gasteiger partial charge in [0.05, 0.1) is 17.9 Å². The highest BCUT2D eigenvalue weighted by Gasteiger charge is 2.50. The highest BCUT2D eigenvalue weighted by atomic mass is 16.2. The van der Waals surface area contributed by atoms with Crippen molar-refractivity contribution in [1.82, 2.24) is 5.32 Å². The number of nitrogens with zero attached hydrogens (tertiary/aromatic N) is 1. The van der Waals surface area contributed by atoms with Crippen molar-refractivity contribution in [2.75, 3.05) is 11.4 Å². The Morgan fingerprint density at radius 2 is 1.76 bits per heavy atom. The van der Waals surface area contributed by atoms with Crippen molar-refractivity contribution in [1.29, 1.82) is 0 Å². The van der Waals surface area contributed by atoms with Gasteiger partial charge in [-0.1, -0.05) is 48.5 Å². The van der Waals surface area contributed by atoms with Crippen LogP contribution in [-0.4, -0.2) is 18.4 Å². The minimum atomic E-state index is -0.188. The van der Waals surface area contributed by atoms with Crippen LogP contribution in [0.5, 0.6) is 0 Å². The van der Waals surface area contributed by atoms with E-state index in [1.165, 1.54) is 5.56 Å². The highest BCUT2D eigenvalue weighted by molar-refractivity contribution is 6.02. The summed E-state index contributed by atoms with van der Waals surface area (Å²) in [4.78, 5) is 27.1. The summed E-state index contributed by atoms with van der Waals surface area (Å²) in [5.74, 6) is -0.278. The van der Waals surface area contributed by atoms with Crippen molar-refractivity contribution in [2.45, 2.75) is 25.8 Å². The molecule has 3 atom stereocenters. The topological polar surface area (TPSA) is 49.4 Å². The van der Waals surface area contributed by atoms with E-state index in [2.05, 4.69) is 11.4 Å². The lowest BCUT2D eigenvalue weighted by molar-refractivity contribution is -0.126. The number of rotatable bonds is 4. The van der Waals surface area contributed by atoms with E-state index in [1.807, 2.05) is 60.4 Å². The van der Waals surface area contributed by atoms with E-state index < -0.39 is 0 Å². The van der Waals surface area contributed by atoms with Crippen LogP contribution in [0.2, 0.25) is 0 Å². The molecule has 4 rings (SSSR count). The molecule has 0 bridgehead atoms. The third-order valence-corrected chi connectivity index (χ3v) is 5.26. The lowest BCUT2D eigenvalue weighted by Crippen LogP contribution is -2.34. The van der Waals surface area contributed by atoms with E-state index in [4.69, 9.17) is 0 Å². The minimum Gasteiger partial charge on any atom is -0.349 e. The van der Waals surface area contributed by atoms with Crippen molar-refractivity contribution in [3.05, 3.63) is 65.7 Å². The molecule has 0 saturated heterocycles. The molecule has 0 radical (unpaired) electrons. The third-order valence-electron chi connectivity index (χ3n) is 5.26. The van der Waals surface area contributed by atoms with Gasteiger partial charge in [0.1, 0.15) is 0 Å². The lowest BCUT2D eigenvalue weighted by Gasteiger charge is -2.18. The van der Waals surface area contributed by atoms with Gasteiger partial charge in [0.2, 0.25) is 11.8 Å². The Morgan fingerprint density at radius 3 is 2.56 bits per heavy atom. The molecule has 2 aromatic carbocycles. The maximum absolute atomic E-state index is 12.8. The van der Waals surface area contributed by atoms with Crippen LogP contribution < -0.4 is 10.2 Å². The summed E-state index contributed by atoms with van der Waals surface area (Å²) in [5.41, 5.74) is 3.30. The Hall–Kier alpha value is -2.62. The maximum Gasteiger partial charge on any atom is 0.230 e. The van der Waals surface area contributed by atoms with Crippen LogP contribution in [0, 0.1) is 11.8 Å². The second-order valence-electron chi connectivity index (χ2n) is 6.96. The Morgan fingerprint density at radius 1 is 1.04 bits per heavy atom. The van der Waals surface area contributed by atoms with Crippen molar-refractivity contribution in [3.8, 4) is 0 Å². The normalized spacial score (nSPS) is 22.2. The molecule has 1 saturated carbocycles. The zero-order chi connectivity index (χ0) is 17.4. The molecule has 25 heavy (non-hydrogen) atoms. The fourth-order valence-electron chi connectivity index (χ4n) is 3.67. The van der Waals surface area contributed by atoms with E-state index in [9.17, 15) is 9.59 Å². The number of amides is 2. The molecule has 4 nitrogen and oxygen atoms in total. The monoisotopic (exact) mass is 334 g/mol. The Labute approximate surface area is 147 Å². The van der Waals surface area contributed by atoms with Gasteiger partial charge < -0.3 is 10.2 Å². The molecule has 1 N–H and O–H groups in total. The van der Waals surface area contributed by atoms with Gasteiger partial charge in [-0.25, -0.2) is 0 Å². The zero-order valence-electron chi connectivity index (χ0n) is 14.3. The first-order valence-corrected chi connectivity index (χ1v) is 8.90. The summed E-state index contributed by atoms with van der Waals surface area (Å²) >= 11 is 0. The van der Waals surface area contributed by atoms with Crippen LogP contribution in [-0.2, 0) is 16.0 Å². The van der Waals surface area contributed by atoms with Gasteiger partial charge >= 0.3 is 0 Å². The van der Waals surface area contributed by atoms with Crippen LogP contribution in [0.1, 0.15) is 30.5 Å². The van der Waals surface area contributed by atoms with Crippen LogP contribution >= 0.6 is 0 Å². The lowest BCUT2D eigenvalue weighted by atomic mass is 10.1. The predicted octanol–water partition coefficient (Wildman–Crippen LogP) is 3.09. The molecular formula is C21H22N2O2. The van der Waals surface area contributed by atoms with Crippen LogP contribution in [0.25, 0.3) is 0 Å². The molecule has 2 amide bonds. The van der Waals surface area contributed by atoms with Gasteiger partial charge in [0, 0.05) is 12.2 Å². The van der Waals surface area contributed by atoms with Crippen LogP contribution in [0.3, 0.4) is 0 Å². The largest absolute Gasteiger partial charge is 0.349 e. The van der Waals surface area contributed by atoms with Gasteiger partial charge in [-0.15, -0.1) is 0 Å². The van der Waals surface area contributed by atoms with Gasteiger partial charge in [-0.3, -0.25) is 9.59 Å². The summed E-state index contributed by atoms with van der Waals surface area (Å²) in [6.45, 7) is 2.70. The van der Waals surface area contributed by atoms with Crippen molar-refractivity contribution in [2.24, 2.45) is 11.8 Å². The molecule has 4 heteroatoms. The van der Waals surface area contributed by atoms with Crippen molar-refractivity contribution >= 4 is 17.5 Å². The minimum absolute atomic E-state index is 0.0119. The number of hydrogen-bond acceptors (Lipinski definition) is 2. The first kappa shape index (κ1) is 15.9. The number of carbonyl (C=O) groups excluding carboxylic acids is 2. The van der Waals surface area contributed by atoms with E-state index in [0.717, 1.165) is 24.2 Å². The van der Waals surface area contributed by atoms with Gasteiger partial charge in [-0.2, -0.15) is 0 Å². The molecule has 3 unspecified atom stereocenters. The number of anilines is 1. The highest BCUT2D eigenvalue weighted by Crippen LogP contribution is 2.42. The van der Waals surface area contributed by atoms with E-state index in [-0.39, 0.29) is 29.7 Å². The van der Waals surface area contributed by atoms with Gasteiger partial charge in [-0.05, 0) is 37.0 Å². The second-order valence-corrected chi connectivity index (χ2v) is 6.96. The molecule has 1 aliphatic carbocycles. The first-order chi connectivity index (χ1) is 12.1. The molecule has 2 aromatic rings. The summed E-state index contributed by atoms with van der Waals surface area (Å²) in [6, 6.07) is 17.9. The Balaban J connectivity index is 1.37. The average Bonchev–Trinajstić information content (AvgIpc) is 3.34. The van der Waals surface area contributed by atoms with Gasteiger partial charge in [0.15, 0.2) is 0 Å². The predicted molar refractivity (Wildman–Crippen MR) is 97.1 cm³/mol. The fraction of sp³-hybridized carbons (Fsp3) is 0.333.